The van der Waals surface area contributed by atoms with Crippen LogP contribution in [0, 0.1) is 0 Å². The molecule has 1 aliphatic rings. The fraction of sp³-hybridized carbons (Fsp3) is 0.500. The summed E-state index contributed by atoms with van der Waals surface area (Å²) in [4.78, 5) is 24.5. The number of rotatable bonds is 2. The molecule has 2 heterocycles. The number of ketones is 1. The van der Waals surface area contributed by atoms with Gasteiger partial charge in [0.1, 0.15) is 5.69 Å². The average molecular weight is 239 g/mol. The van der Waals surface area contributed by atoms with E-state index in [4.69, 9.17) is 10.3 Å². The van der Waals surface area contributed by atoms with Gasteiger partial charge in [-0.1, -0.05) is 5.16 Å². The van der Waals surface area contributed by atoms with Gasteiger partial charge >= 0.3 is 0 Å². The summed E-state index contributed by atoms with van der Waals surface area (Å²) in [5.74, 6) is -0.904. The lowest BCUT2D eigenvalue weighted by Gasteiger charge is -2.13. The number of nitrogens with two attached hydrogens (primary N) is 1. The van der Waals surface area contributed by atoms with E-state index in [1.54, 1.807) is 0 Å². The highest BCUT2D eigenvalue weighted by Crippen LogP contribution is 2.21. The first kappa shape index (κ1) is 11.6. The van der Waals surface area contributed by atoms with Gasteiger partial charge in [0.05, 0.1) is 6.10 Å². The maximum Gasteiger partial charge on any atom is 0.278 e. The van der Waals surface area contributed by atoms with Crippen molar-refractivity contribution in [3.63, 3.8) is 0 Å². The van der Waals surface area contributed by atoms with Crippen molar-refractivity contribution in [2.75, 3.05) is 18.8 Å². The summed E-state index contributed by atoms with van der Waals surface area (Å²) >= 11 is 0. The van der Waals surface area contributed by atoms with Gasteiger partial charge < -0.3 is 20.3 Å². The number of Topliss-reactive ketones (excluding diaryl/α,β-unsaturated/α-hetero) is 1. The molecule has 1 unspecified atom stereocenters. The molecule has 0 saturated carbocycles. The molecule has 1 fully saturated rings. The standard InChI is InChI=1S/C10H13N3O4/c1-5(14)9-7(11)8(12-17-9)10(16)13-3-2-6(15)4-13/h6,15H,2-4,11H2,1H3. The van der Waals surface area contributed by atoms with Gasteiger partial charge in [-0.15, -0.1) is 0 Å². The number of aliphatic hydroxyl groups excluding tert-OH is 1. The van der Waals surface area contributed by atoms with Crippen molar-refractivity contribution in [3.05, 3.63) is 11.5 Å². The molecule has 0 spiro atoms. The Labute approximate surface area is 97.2 Å². The fourth-order valence-corrected chi connectivity index (χ4v) is 1.78. The normalized spacial score (nSPS) is 19.6. The molecule has 0 aliphatic carbocycles. The van der Waals surface area contributed by atoms with Gasteiger partial charge in [0.15, 0.2) is 11.5 Å². The summed E-state index contributed by atoms with van der Waals surface area (Å²) in [6, 6.07) is 0. The number of carbonyl (C=O) groups excluding carboxylic acids is 2. The molecular weight excluding hydrogens is 226 g/mol. The summed E-state index contributed by atoms with van der Waals surface area (Å²) in [6.07, 6.45) is 0.0163. The number of nitrogens with zero attached hydrogens (tertiary/aromatic N) is 2. The molecule has 92 valence electrons. The lowest BCUT2D eigenvalue weighted by Crippen LogP contribution is -2.30. The SMILES string of the molecule is CC(=O)c1onc(C(=O)N2CCC(O)C2)c1N. The number of nitrogen functional groups attached to an aromatic ring is 1. The van der Waals surface area contributed by atoms with Crippen molar-refractivity contribution < 1.29 is 19.2 Å². The third-order valence-electron chi connectivity index (χ3n) is 2.70. The largest absolute Gasteiger partial charge is 0.393 e. The third kappa shape index (κ3) is 2.01. The monoisotopic (exact) mass is 239 g/mol. The molecule has 17 heavy (non-hydrogen) atoms. The van der Waals surface area contributed by atoms with Crippen molar-refractivity contribution in [2.45, 2.75) is 19.4 Å². The van der Waals surface area contributed by atoms with Gasteiger partial charge in [-0.25, -0.2) is 0 Å². The number of aliphatic hydroxyl groups is 1. The number of aromatic nitrogens is 1. The Morgan fingerprint density at radius 2 is 2.29 bits per heavy atom. The zero-order valence-electron chi connectivity index (χ0n) is 9.34. The minimum atomic E-state index is -0.514. The highest BCUT2D eigenvalue weighted by molar-refractivity contribution is 6.04. The van der Waals surface area contributed by atoms with Gasteiger partial charge in [0, 0.05) is 20.0 Å². The van der Waals surface area contributed by atoms with E-state index in [9.17, 15) is 14.7 Å². The molecule has 1 saturated heterocycles. The van der Waals surface area contributed by atoms with Crippen molar-refractivity contribution in [1.29, 1.82) is 0 Å². The van der Waals surface area contributed by atoms with Crippen molar-refractivity contribution in [3.8, 4) is 0 Å². The first-order chi connectivity index (χ1) is 8.00. The van der Waals surface area contributed by atoms with E-state index in [0.717, 1.165) is 0 Å². The first-order valence-electron chi connectivity index (χ1n) is 5.24. The van der Waals surface area contributed by atoms with Gasteiger partial charge in [0.2, 0.25) is 5.76 Å². The molecule has 1 atom stereocenters. The summed E-state index contributed by atoms with van der Waals surface area (Å²) < 4.78 is 4.73. The summed E-state index contributed by atoms with van der Waals surface area (Å²) in [5, 5.41) is 12.8. The number of likely N-dealkylation sites (tertiary alicyclic amines) is 1. The highest BCUT2D eigenvalue weighted by atomic mass is 16.5. The maximum atomic E-state index is 12.0. The molecule has 1 aliphatic heterocycles. The lowest BCUT2D eigenvalue weighted by atomic mass is 10.2. The van der Waals surface area contributed by atoms with Crippen LogP contribution in [0.1, 0.15) is 34.4 Å². The molecule has 2 rings (SSSR count). The van der Waals surface area contributed by atoms with E-state index in [0.29, 0.717) is 13.0 Å². The van der Waals surface area contributed by atoms with E-state index in [1.807, 2.05) is 0 Å². The summed E-state index contributed by atoms with van der Waals surface area (Å²) in [7, 11) is 0. The topological polar surface area (TPSA) is 110 Å². The molecule has 3 N–H and O–H groups in total. The lowest BCUT2D eigenvalue weighted by molar-refractivity contribution is 0.0754. The Kier molecular flexibility index (Phi) is 2.84. The van der Waals surface area contributed by atoms with Crippen LogP contribution in [0.5, 0.6) is 0 Å². The molecule has 0 aromatic carbocycles. The molecular formula is C10H13N3O4. The molecule has 1 aromatic rings. The second kappa shape index (κ2) is 4.17. The number of amides is 1. The zero-order valence-corrected chi connectivity index (χ0v) is 9.34. The van der Waals surface area contributed by atoms with E-state index in [2.05, 4.69) is 5.16 Å². The van der Waals surface area contributed by atoms with E-state index >= 15 is 0 Å². The first-order valence-corrected chi connectivity index (χ1v) is 5.24. The van der Waals surface area contributed by atoms with Gasteiger partial charge in [-0.3, -0.25) is 9.59 Å². The zero-order chi connectivity index (χ0) is 12.6. The van der Waals surface area contributed by atoms with Crippen LogP contribution in [0.4, 0.5) is 5.69 Å². The third-order valence-corrected chi connectivity index (χ3v) is 2.70. The van der Waals surface area contributed by atoms with Gasteiger partial charge in [0.25, 0.3) is 5.91 Å². The van der Waals surface area contributed by atoms with Gasteiger partial charge in [-0.05, 0) is 6.42 Å². The van der Waals surface area contributed by atoms with Crippen LogP contribution in [-0.2, 0) is 0 Å². The van der Waals surface area contributed by atoms with Crippen LogP contribution in [0.2, 0.25) is 0 Å². The van der Waals surface area contributed by atoms with Crippen molar-refractivity contribution >= 4 is 17.4 Å². The predicted octanol–water partition coefficient (Wildman–Crippen LogP) is -0.334. The Hall–Kier alpha value is -1.89. The van der Waals surface area contributed by atoms with Crippen LogP contribution in [-0.4, -0.2) is 46.0 Å². The Bertz CT molecular complexity index is 468. The van der Waals surface area contributed by atoms with Crippen molar-refractivity contribution in [1.82, 2.24) is 10.1 Å². The van der Waals surface area contributed by atoms with Crippen LogP contribution < -0.4 is 5.73 Å². The predicted molar refractivity (Wildman–Crippen MR) is 57.4 cm³/mol. The minimum Gasteiger partial charge on any atom is -0.393 e. The molecule has 1 aromatic heterocycles. The highest BCUT2D eigenvalue weighted by Gasteiger charge is 2.30. The number of hydrogen-bond acceptors (Lipinski definition) is 6. The van der Waals surface area contributed by atoms with Gasteiger partial charge in [-0.2, -0.15) is 0 Å². The smallest absolute Gasteiger partial charge is 0.278 e. The van der Waals surface area contributed by atoms with Crippen LogP contribution >= 0.6 is 0 Å². The Balaban J connectivity index is 2.23. The average Bonchev–Trinajstić information content (AvgIpc) is 2.83. The molecule has 7 heteroatoms. The second-order valence-corrected chi connectivity index (χ2v) is 4.02. The number of carbonyl (C=O) groups is 2. The second-order valence-electron chi connectivity index (χ2n) is 4.02. The maximum absolute atomic E-state index is 12.0. The fourth-order valence-electron chi connectivity index (χ4n) is 1.78. The van der Waals surface area contributed by atoms with Crippen LogP contribution in [0.25, 0.3) is 0 Å². The van der Waals surface area contributed by atoms with Crippen molar-refractivity contribution in [2.24, 2.45) is 0 Å². The minimum absolute atomic E-state index is 0.0381. The molecule has 7 nitrogen and oxygen atoms in total. The molecule has 0 bridgehead atoms. The Morgan fingerprint density at radius 3 is 2.76 bits per heavy atom. The van der Waals surface area contributed by atoms with Crippen LogP contribution in [0.3, 0.4) is 0 Å². The quantitative estimate of drug-likeness (QED) is 0.683. The van der Waals surface area contributed by atoms with E-state index in [1.165, 1.54) is 11.8 Å². The summed E-state index contributed by atoms with van der Waals surface area (Å²) in [6.45, 7) is 1.98. The Morgan fingerprint density at radius 1 is 1.59 bits per heavy atom. The number of hydrogen-bond donors (Lipinski definition) is 2. The van der Waals surface area contributed by atoms with E-state index in [-0.39, 0.29) is 29.5 Å². The number of β-amino-alcohol motifs (C(OH)–C–C–N with tert-alkyl or cyclic N) is 1. The molecule has 0 radical (unpaired) electrons. The van der Waals surface area contributed by atoms with Crippen LogP contribution in [0.15, 0.2) is 4.52 Å². The van der Waals surface area contributed by atoms with E-state index < -0.39 is 12.0 Å². The number of anilines is 1. The summed E-state index contributed by atoms with van der Waals surface area (Å²) in [5.41, 5.74) is 5.52. The molecule has 1 amide bonds.